The first kappa shape index (κ1) is 14.7. The molecule has 20 heavy (non-hydrogen) atoms. The highest BCUT2D eigenvalue weighted by atomic mass is 19.1. The molecular formula is C15H20FN3O. The van der Waals surface area contributed by atoms with Crippen LogP contribution in [0.2, 0.25) is 0 Å². The lowest BCUT2D eigenvalue weighted by molar-refractivity contribution is -0.122. The first-order chi connectivity index (χ1) is 9.70. The maximum absolute atomic E-state index is 13.3. The van der Waals surface area contributed by atoms with Crippen LogP contribution in [-0.2, 0) is 4.79 Å². The Bertz CT molecular complexity index is 478. The van der Waals surface area contributed by atoms with Gasteiger partial charge in [-0.15, -0.1) is 6.58 Å². The van der Waals surface area contributed by atoms with Crippen molar-refractivity contribution in [3.05, 3.63) is 48.3 Å². The van der Waals surface area contributed by atoms with Gasteiger partial charge in [0.05, 0.1) is 6.54 Å². The van der Waals surface area contributed by atoms with Crippen molar-refractivity contribution in [3.8, 4) is 0 Å². The van der Waals surface area contributed by atoms with E-state index in [1.807, 2.05) is 6.07 Å². The standard InChI is InChI=1S/C15H20FN3O/c1-2-6-18-15(20)11-19-8-7-17-10-14(19)12-4-3-5-13(16)9-12/h2-5,9,14,17H,1,6-8,10-11H2,(H,18,20). The predicted octanol–water partition coefficient (Wildman–Crippen LogP) is 1.07. The number of nitrogens with one attached hydrogen (secondary N) is 2. The van der Waals surface area contributed by atoms with Crippen molar-refractivity contribution >= 4 is 5.91 Å². The second-order valence-corrected chi connectivity index (χ2v) is 4.84. The molecule has 5 heteroatoms. The molecule has 1 fully saturated rings. The van der Waals surface area contributed by atoms with Crippen molar-refractivity contribution < 1.29 is 9.18 Å². The van der Waals surface area contributed by atoms with Crippen LogP contribution >= 0.6 is 0 Å². The second-order valence-electron chi connectivity index (χ2n) is 4.84. The molecule has 1 aliphatic rings. The van der Waals surface area contributed by atoms with Gasteiger partial charge in [0, 0.05) is 32.2 Å². The number of nitrogens with zero attached hydrogens (tertiary/aromatic N) is 1. The number of hydrogen-bond acceptors (Lipinski definition) is 3. The molecule has 1 saturated heterocycles. The Labute approximate surface area is 118 Å². The normalized spacial score (nSPS) is 19.6. The van der Waals surface area contributed by atoms with Gasteiger partial charge in [-0.2, -0.15) is 0 Å². The number of carbonyl (C=O) groups is 1. The molecule has 1 unspecified atom stereocenters. The molecule has 1 amide bonds. The summed E-state index contributed by atoms with van der Waals surface area (Å²) in [6.07, 6.45) is 1.65. The minimum atomic E-state index is -0.246. The summed E-state index contributed by atoms with van der Waals surface area (Å²) in [5.41, 5.74) is 0.897. The number of benzene rings is 1. The van der Waals surface area contributed by atoms with Gasteiger partial charge in [0.15, 0.2) is 0 Å². The summed E-state index contributed by atoms with van der Waals surface area (Å²) in [4.78, 5) is 13.9. The van der Waals surface area contributed by atoms with E-state index < -0.39 is 0 Å². The first-order valence-electron chi connectivity index (χ1n) is 6.78. The summed E-state index contributed by atoms with van der Waals surface area (Å²) in [5, 5.41) is 6.06. The van der Waals surface area contributed by atoms with Gasteiger partial charge in [-0.3, -0.25) is 9.69 Å². The highest BCUT2D eigenvalue weighted by molar-refractivity contribution is 5.78. The molecular weight excluding hydrogens is 257 g/mol. The first-order valence-corrected chi connectivity index (χ1v) is 6.78. The average Bonchev–Trinajstić information content (AvgIpc) is 2.45. The van der Waals surface area contributed by atoms with Crippen LogP contribution in [0, 0.1) is 5.82 Å². The van der Waals surface area contributed by atoms with Crippen LogP contribution in [0.5, 0.6) is 0 Å². The smallest absolute Gasteiger partial charge is 0.234 e. The van der Waals surface area contributed by atoms with Crippen molar-refractivity contribution in [1.82, 2.24) is 15.5 Å². The predicted molar refractivity (Wildman–Crippen MR) is 76.8 cm³/mol. The minimum Gasteiger partial charge on any atom is -0.352 e. The van der Waals surface area contributed by atoms with Gasteiger partial charge < -0.3 is 10.6 Å². The summed E-state index contributed by atoms with van der Waals surface area (Å²) in [6, 6.07) is 6.59. The van der Waals surface area contributed by atoms with Crippen LogP contribution < -0.4 is 10.6 Å². The van der Waals surface area contributed by atoms with Crippen LogP contribution in [0.25, 0.3) is 0 Å². The minimum absolute atomic E-state index is 0.0222. The molecule has 0 aliphatic carbocycles. The zero-order valence-corrected chi connectivity index (χ0v) is 11.4. The third-order valence-electron chi connectivity index (χ3n) is 3.38. The Morgan fingerprint density at radius 2 is 2.45 bits per heavy atom. The van der Waals surface area contributed by atoms with Crippen molar-refractivity contribution in [1.29, 1.82) is 0 Å². The van der Waals surface area contributed by atoms with Gasteiger partial charge in [-0.25, -0.2) is 4.39 Å². The lowest BCUT2D eigenvalue weighted by atomic mass is 10.0. The molecule has 1 atom stereocenters. The Balaban J connectivity index is 2.05. The molecule has 0 spiro atoms. The van der Waals surface area contributed by atoms with Gasteiger partial charge >= 0.3 is 0 Å². The lowest BCUT2D eigenvalue weighted by Gasteiger charge is -2.36. The maximum Gasteiger partial charge on any atom is 0.234 e. The second kappa shape index (κ2) is 7.17. The maximum atomic E-state index is 13.3. The monoisotopic (exact) mass is 277 g/mol. The van der Waals surface area contributed by atoms with E-state index in [-0.39, 0.29) is 17.8 Å². The highest BCUT2D eigenvalue weighted by Crippen LogP contribution is 2.22. The summed E-state index contributed by atoms with van der Waals surface area (Å²) >= 11 is 0. The number of piperazine rings is 1. The third kappa shape index (κ3) is 3.88. The van der Waals surface area contributed by atoms with E-state index in [0.29, 0.717) is 13.1 Å². The Hall–Kier alpha value is -1.72. The van der Waals surface area contributed by atoms with Crippen molar-refractivity contribution in [3.63, 3.8) is 0 Å². The number of hydrogen-bond donors (Lipinski definition) is 2. The molecule has 108 valence electrons. The van der Waals surface area contributed by atoms with Gasteiger partial charge in [0.1, 0.15) is 5.82 Å². The molecule has 0 bridgehead atoms. The average molecular weight is 277 g/mol. The Kier molecular flexibility index (Phi) is 5.26. The topological polar surface area (TPSA) is 44.4 Å². The fraction of sp³-hybridized carbons (Fsp3) is 0.400. The number of carbonyl (C=O) groups excluding carboxylic acids is 1. The van der Waals surface area contributed by atoms with Crippen LogP contribution in [0.4, 0.5) is 4.39 Å². The fourth-order valence-electron chi connectivity index (χ4n) is 2.40. The van der Waals surface area contributed by atoms with E-state index in [1.54, 1.807) is 12.1 Å². The van der Waals surface area contributed by atoms with Gasteiger partial charge in [0.2, 0.25) is 5.91 Å². The van der Waals surface area contributed by atoms with Gasteiger partial charge in [-0.1, -0.05) is 18.2 Å². The zero-order chi connectivity index (χ0) is 14.4. The molecule has 0 radical (unpaired) electrons. The molecule has 2 rings (SSSR count). The number of halogens is 1. The van der Waals surface area contributed by atoms with Gasteiger partial charge in [-0.05, 0) is 17.7 Å². The molecule has 1 aliphatic heterocycles. The van der Waals surface area contributed by atoms with E-state index in [0.717, 1.165) is 25.2 Å². The van der Waals surface area contributed by atoms with Crippen LogP contribution in [0.1, 0.15) is 11.6 Å². The molecule has 0 saturated carbocycles. The number of rotatable bonds is 5. The third-order valence-corrected chi connectivity index (χ3v) is 3.38. The summed E-state index contributed by atoms with van der Waals surface area (Å²) in [6.45, 7) is 6.68. The fourth-order valence-corrected chi connectivity index (χ4v) is 2.40. The van der Waals surface area contributed by atoms with Crippen LogP contribution in [0.3, 0.4) is 0 Å². The lowest BCUT2D eigenvalue weighted by Crippen LogP contribution is -2.49. The Morgan fingerprint density at radius 3 is 3.20 bits per heavy atom. The molecule has 2 N–H and O–H groups in total. The molecule has 0 aromatic heterocycles. The molecule has 1 aromatic carbocycles. The molecule has 4 nitrogen and oxygen atoms in total. The van der Waals surface area contributed by atoms with E-state index in [9.17, 15) is 9.18 Å². The van der Waals surface area contributed by atoms with Crippen molar-refractivity contribution in [2.75, 3.05) is 32.7 Å². The number of amides is 1. The van der Waals surface area contributed by atoms with Crippen molar-refractivity contribution in [2.45, 2.75) is 6.04 Å². The van der Waals surface area contributed by atoms with E-state index in [4.69, 9.17) is 0 Å². The Morgan fingerprint density at radius 1 is 1.60 bits per heavy atom. The van der Waals surface area contributed by atoms with E-state index in [1.165, 1.54) is 12.1 Å². The van der Waals surface area contributed by atoms with Crippen LogP contribution in [-0.4, -0.2) is 43.5 Å². The van der Waals surface area contributed by atoms with Gasteiger partial charge in [0.25, 0.3) is 0 Å². The highest BCUT2D eigenvalue weighted by Gasteiger charge is 2.25. The van der Waals surface area contributed by atoms with E-state index in [2.05, 4.69) is 22.1 Å². The summed E-state index contributed by atoms with van der Waals surface area (Å²) in [7, 11) is 0. The largest absolute Gasteiger partial charge is 0.352 e. The van der Waals surface area contributed by atoms with Crippen LogP contribution in [0.15, 0.2) is 36.9 Å². The molecule has 1 heterocycles. The summed E-state index contributed by atoms with van der Waals surface area (Å²) in [5.74, 6) is -0.280. The van der Waals surface area contributed by atoms with Crippen molar-refractivity contribution in [2.24, 2.45) is 0 Å². The molecule has 1 aromatic rings. The summed E-state index contributed by atoms with van der Waals surface area (Å²) < 4.78 is 13.3. The van der Waals surface area contributed by atoms with E-state index >= 15 is 0 Å². The SMILES string of the molecule is C=CCNC(=O)CN1CCNCC1c1cccc(F)c1. The quantitative estimate of drug-likeness (QED) is 0.792. The zero-order valence-electron chi connectivity index (χ0n) is 11.4.